The van der Waals surface area contributed by atoms with Crippen LogP contribution in [-0.2, 0) is 0 Å². The van der Waals surface area contributed by atoms with Gasteiger partial charge in [-0.3, -0.25) is 0 Å². The van der Waals surface area contributed by atoms with Crippen LogP contribution in [-0.4, -0.2) is 25.3 Å². The summed E-state index contributed by atoms with van der Waals surface area (Å²) in [5, 5.41) is 8.68. The topological polar surface area (TPSA) is 23.5 Å². The van der Waals surface area contributed by atoms with Crippen molar-refractivity contribution >= 4 is 5.69 Å². The van der Waals surface area contributed by atoms with Gasteiger partial charge in [0, 0.05) is 25.9 Å². The normalized spacial score (nSPS) is 10.1. The van der Waals surface area contributed by atoms with E-state index in [0.717, 1.165) is 13.0 Å². The van der Waals surface area contributed by atoms with Crippen molar-refractivity contribution in [3.05, 3.63) is 29.8 Å². The van der Waals surface area contributed by atoms with Gasteiger partial charge in [0.05, 0.1) is 0 Å². The van der Waals surface area contributed by atoms with Gasteiger partial charge in [0.1, 0.15) is 0 Å². The molecule has 0 fully saturated rings. The van der Waals surface area contributed by atoms with E-state index < -0.39 is 0 Å². The van der Waals surface area contributed by atoms with Crippen molar-refractivity contribution in [3.63, 3.8) is 0 Å². The van der Waals surface area contributed by atoms with Gasteiger partial charge in [-0.05, 0) is 25.5 Å². The second-order valence-electron chi connectivity index (χ2n) is 3.33. The van der Waals surface area contributed by atoms with Crippen molar-refractivity contribution in [2.45, 2.75) is 13.3 Å². The van der Waals surface area contributed by atoms with E-state index in [0.29, 0.717) is 0 Å². The van der Waals surface area contributed by atoms with Gasteiger partial charge in [0.25, 0.3) is 0 Å². The summed E-state index contributed by atoms with van der Waals surface area (Å²) in [7, 11) is 2.04. The molecule has 1 rings (SSSR count). The molecule has 0 aliphatic carbocycles. The first-order chi connectivity index (χ1) is 6.24. The third-order valence-corrected chi connectivity index (χ3v) is 2.13. The van der Waals surface area contributed by atoms with Crippen molar-refractivity contribution in [3.8, 4) is 0 Å². The molecular formula is C11H17NO. The van der Waals surface area contributed by atoms with E-state index in [1.54, 1.807) is 0 Å². The number of aliphatic hydroxyl groups excluding tert-OH is 1. The summed E-state index contributed by atoms with van der Waals surface area (Å²) in [4.78, 5) is 2.15. The van der Waals surface area contributed by atoms with Gasteiger partial charge in [0.15, 0.2) is 0 Å². The van der Waals surface area contributed by atoms with E-state index in [4.69, 9.17) is 5.11 Å². The first kappa shape index (κ1) is 10.1. The lowest BCUT2D eigenvalue weighted by atomic mass is 10.2. The Morgan fingerprint density at radius 1 is 1.23 bits per heavy atom. The van der Waals surface area contributed by atoms with Crippen LogP contribution < -0.4 is 4.90 Å². The summed E-state index contributed by atoms with van der Waals surface area (Å²) in [6.45, 7) is 3.24. The molecule has 72 valence electrons. The zero-order chi connectivity index (χ0) is 9.68. The summed E-state index contributed by atoms with van der Waals surface area (Å²) in [6.07, 6.45) is 0.824. The Bertz CT molecular complexity index is 243. The van der Waals surface area contributed by atoms with Crippen molar-refractivity contribution in [2.24, 2.45) is 0 Å². The van der Waals surface area contributed by atoms with Crippen LogP contribution in [0.4, 0.5) is 5.69 Å². The predicted octanol–water partition coefficient (Wildman–Crippen LogP) is 1.81. The molecule has 0 heterocycles. The fraction of sp³-hybridized carbons (Fsp3) is 0.455. The summed E-state index contributed by atoms with van der Waals surface area (Å²) in [6, 6.07) is 8.41. The van der Waals surface area contributed by atoms with Crippen molar-refractivity contribution < 1.29 is 5.11 Å². The van der Waals surface area contributed by atoms with Gasteiger partial charge in [-0.25, -0.2) is 0 Å². The van der Waals surface area contributed by atoms with Crippen LogP contribution in [0.15, 0.2) is 24.3 Å². The minimum absolute atomic E-state index is 0.260. The quantitative estimate of drug-likeness (QED) is 0.762. The summed E-state index contributed by atoms with van der Waals surface area (Å²) in [5.74, 6) is 0. The first-order valence-corrected chi connectivity index (χ1v) is 4.62. The molecule has 0 unspecified atom stereocenters. The smallest absolute Gasteiger partial charge is 0.0447 e. The van der Waals surface area contributed by atoms with Crippen molar-refractivity contribution in [1.82, 2.24) is 0 Å². The third kappa shape index (κ3) is 3.07. The molecule has 0 aliphatic rings. The zero-order valence-corrected chi connectivity index (χ0v) is 8.33. The number of aliphatic hydroxyl groups is 1. The van der Waals surface area contributed by atoms with Gasteiger partial charge >= 0.3 is 0 Å². The van der Waals surface area contributed by atoms with Crippen molar-refractivity contribution in [2.75, 3.05) is 25.1 Å². The number of benzene rings is 1. The second kappa shape index (κ2) is 4.87. The molecule has 1 aromatic rings. The van der Waals surface area contributed by atoms with Crippen molar-refractivity contribution in [1.29, 1.82) is 0 Å². The van der Waals surface area contributed by atoms with E-state index >= 15 is 0 Å². The van der Waals surface area contributed by atoms with Gasteiger partial charge in [-0.1, -0.05) is 17.7 Å². The monoisotopic (exact) mass is 179 g/mol. The lowest BCUT2D eigenvalue weighted by Crippen LogP contribution is -2.19. The van der Waals surface area contributed by atoms with E-state index in [-0.39, 0.29) is 6.61 Å². The standard InChI is InChI=1S/C11H17NO/c1-10-4-6-11(7-5-10)12(2)8-3-9-13/h4-7,13H,3,8-9H2,1-2H3. The molecule has 0 amide bonds. The molecular weight excluding hydrogens is 162 g/mol. The molecule has 0 radical (unpaired) electrons. The molecule has 1 N–H and O–H groups in total. The molecule has 1 aromatic carbocycles. The molecule has 0 atom stereocenters. The number of aryl methyl sites for hydroxylation is 1. The molecule has 13 heavy (non-hydrogen) atoms. The molecule has 2 heteroatoms. The molecule has 0 saturated carbocycles. The maximum atomic E-state index is 8.68. The predicted molar refractivity (Wildman–Crippen MR) is 56.2 cm³/mol. The minimum atomic E-state index is 0.260. The molecule has 0 bridgehead atoms. The van der Waals surface area contributed by atoms with E-state index in [9.17, 15) is 0 Å². The third-order valence-electron chi connectivity index (χ3n) is 2.13. The Morgan fingerprint density at radius 2 is 1.85 bits per heavy atom. The van der Waals surface area contributed by atoms with E-state index in [2.05, 4.69) is 36.1 Å². The molecule has 0 aromatic heterocycles. The number of hydrogen-bond acceptors (Lipinski definition) is 2. The molecule has 0 spiro atoms. The first-order valence-electron chi connectivity index (χ1n) is 4.62. The average Bonchev–Trinajstić information content (AvgIpc) is 2.15. The van der Waals surface area contributed by atoms with Crippen LogP contribution in [0.3, 0.4) is 0 Å². The molecule has 2 nitrogen and oxygen atoms in total. The minimum Gasteiger partial charge on any atom is -0.396 e. The number of nitrogens with zero attached hydrogens (tertiary/aromatic N) is 1. The van der Waals surface area contributed by atoms with Gasteiger partial charge in [-0.15, -0.1) is 0 Å². The lowest BCUT2D eigenvalue weighted by Gasteiger charge is -2.18. The fourth-order valence-electron chi connectivity index (χ4n) is 1.24. The van der Waals surface area contributed by atoms with Crippen LogP contribution in [0.2, 0.25) is 0 Å². The number of rotatable bonds is 4. The lowest BCUT2D eigenvalue weighted by molar-refractivity contribution is 0.290. The van der Waals surface area contributed by atoms with Crippen LogP contribution in [0.1, 0.15) is 12.0 Å². The largest absolute Gasteiger partial charge is 0.396 e. The van der Waals surface area contributed by atoms with E-state index in [1.165, 1.54) is 11.3 Å². The highest BCUT2D eigenvalue weighted by Gasteiger charge is 1.98. The number of anilines is 1. The van der Waals surface area contributed by atoms with Gasteiger partial charge in [0.2, 0.25) is 0 Å². The molecule has 0 saturated heterocycles. The second-order valence-corrected chi connectivity index (χ2v) is 3.33. The highest BCUT2D eigenvalue weighted by Crippen LogP contribution is 2.13. The van der Waals surface area contributed by atoms with Crippen LogP contribution in [0, 0.1) is 6.92 Å². The SMILES string of the molecule is Cc1ccc(N(C)CCCO)cc1. The highest BCUT2D eigenvalue weighted by atomic mass is 16.3. The van der Waals surface area contributed by atoms with Crippen LogP contribution in [0.5, 0.6) is 0 Å². The Morgan fingerprint density at radius 3 is 2.38 bits per heavy atom. The van der Waals surface area contributed by atoms with E-state index in [1.807, 2.05) is 7.05 Å². The summed E-state index contributed by atoms with van der Waals surface area (Å²) in [5.41, 5.74) is 2.48. The van der Waals surface area contributed by atoms with Gasteiger partial charge in [-0.2, -0.15) is 0 Å². The Balaban J connectivity index is 2.55. The fourth-order valence-corrected chi connectivity index (χ4v) is 1.24. The maximum absolute atomic E-state index is 8.68. The average molecular weight is 179 g/mol. The van der Waals surface area contributed by atoms with Gasteiger partial charge < -0.3 is 10.0 Å². The van der Waals surface area contributed by atoms with Crippen LogP contribution >= 0.6 is 0 Å². The maximum Gasteiger partial charge on any atom is 0.0447 e. The summed E-state index contributed by atoms with van der Waals surface area (Å²) >= 11 is 0. The zero-order valence-electron chi connectivity index (χ0n) is 8.33. The Hall–Kier alpha value is -1.02. The molecule has 0 aliphatic heterocycles. The highest BCUT2D eigenvalue weighted by molar-refractivity contribution is 5.46. The van der Waals surface area contributed by atoms with Crippen LogP contribution in [0.25, 0.3) is 0 Å². The number of hydrogen-bond donors (Lipinski definition) is 1. The summed E-state index contributed by atoms with van der Waals surface area (Å²) < 4.78 is 0. The Labute approximate surface area is 79.8 Å². The Kier molecular flexibility index (Phi) is 3.77.